The van der Waals surface area contributed by atoms with Crippen LogP contribution in [-0.2, 0) is 0 Å². The predicted octanol–water partition coefficient (Wildman–Crippen LogP) is 5.03. The minimum atomic E-state index is -0.182. The van der Waals surface area contributed by atoms with E-state index in [1.54, 1.807) is 18.4 Å². The van der Waals surface area contributed by atoms with E-state index in [-0.39, 0.29) is 16.8 Å². The fourth-order valence-corrected chi connectivity index (χ4v) is 4.92. The van der Waals surface area contributed by atoms with Crippen molar-refractivity contribution in [3.8, 4) is 0 Å². The Morgan fingerprint density at radius 2 is 1.96 bits per heavy atom. The molecule has 0 N–H and O–H groups in total. The van der Waals surface area contributed by atoms with E-state index >= 15 is 0 Å². The van der Waals surface area contributed by atoms with Crippen LogP contribution in [0.4, 0.5) is 0 Å². The van der Waals surface area contributed by atoms with Crippen LogP contribution in [0.25, 0.3) is 0 Å². The zero-order valence-electron chi connectivity index (χ0n) is 13.7. The van der Waals surface area contributed by atoms with E-state index in [0.717, 1.165) is 19.3 Å². The van der Waals surface area contributed by atoms with Crippen molar-refractivity contribution < 1.29 is 9.21 Å². The lowest BCUT2D eigenvalue weighted by Crippen LogP contribution is -2.53. The lowest BCUT2D eigenvalue weighted by atomic mass is 9.68. The van der Waals surface area contributed by atoms with Gasteiger partial charge in [0.2, 0.25) is 0 Å². The van der Waals surface area contributed by atoms with Gasteiger partial charge in [0.15, 0.2) is 5.76 Å². The van der Waals surface area contributed by atoms with E-state index in [0.29, 0.717) is 18.2 Å². The monoisotopic (exact) mass is 343 g/mol. The molecule has 24 heavy (non-hydrogen) atoms. The molecule has 2 heterocycles. The van der Waals surface area contributed by atoms with Crippen molar-refractivity contribution in [2.75, 3.05) is 6.54 Å². The largest absolute Gasteiger partial charge is 0.459 e. The molecule has 1 saturated carbocycles. The van der Waals surface area contributed by atoms with E-state index in [9.17, 15) is 4.79 Å². The number of alkyl halides is 1. The number of halogens is 1. The van der Waals surface area contributed by atoms with Gasteiger partial charge >= 0.3 is 0 Å². The maximum absolute atomic E-state index is 13.0. The quantitative estimate of drug-likeness (QED) is 0.716. The third-order valence-electron chi connectivity index (χ3n) is 5.64. The highest BCUT2D eigenvalue weighted by atomic mass is 35.5. The average Bonchev–Trinajstić information content (AvgIpc) is 3.15. The van der Waals surface area contributed by atoms with Gasteiger partial charge in [-0.25, -0.2) is 0 Å². The third kappa shape index (κ3) is 2.65. The molecule has 2 aliphatic rings. The lowest BCUT2D eigenvalue weighted by molar-refractivity contribution is 0.0255. The van der Waals surface area contributed by atoms with Crippen LogP contribution in [0.5, 0.6) is 0 Å². The highest BCUT2D eigenvalue weighted by Gasteiger charge is 2.50. The summed E-state index contributed by atoms with van der Waals surface area (Å²) in [6.45, 7) is 0.680. The molecular weight excluding hydrogens is 322 g/mol. The normalized spacial score (nSPS) is 30.0. The molecule has 0 bridgehead atoms. The van der Waals surface area contributed by atoms with Gasteiger partial charge in [-0.1, -0.05) is 43.2 Å². The van der Waals surface area contributed by atoms with E-state index < -0.39 is 0 Å². The van der Waals surface area contributed by atoms with Gasteiger partial charge in [0.25, 0.3) is 5.91 Å². The van der Waals surface area contributed by atoms with E-state index in [4.69, 9.17) is 16.0 Å². The van der Waals surface area contributed by atoms with Gasteiger partial charge in [0.05, 0.1) is 17.2 Å². The number of likely N-dealkylation sites (tertiary alicyclic amines) is 1. The Labute approximate surface area is 147 Å². The summed E-state index contributed by atoms with van der Waals surface area (Å²) in [4.78, 5) is 14.8. The van der Waals surface area contributed by atoms with Gasteiger partial charge in [0, 0.05) is 12.5 Å². The van der Waals surface area contributed by atoms with Crippen molar-refractivity contribution in [2.24, 2.45) is 5.92 Å². The standard InChI is InChI=1S/C20H22ClNO2/c21-20-11-5-4-9-16(20)18(15-7-2-1-3-8-15)22(13-12-20)19(23)17-10-6-14-24-17/h1-3,6-8,10,14,16,18H,4-5,9,11-13H2/t16-,18-,20-/m1/s1. The van der Waals surface area contributed by atoms with Crippen LogP contribution in [0, 0.1) is 5.92 Å². The summed E-state index contributed by atoms with van der Waals surface area (Å²) in [6, 6.07) is 13.9. The first kappa shape index (κ1) is 15.8. The first-order chi connectivity index (χ1) is 11.7. The highest BCUT2D eigenvalue weighted by Crippen LogP contribution is 2.52. The van der Waals surface area contributed by atoms with Crippen molar-refractivity contribution >= 4 is 17.5 Å². The molecular formula is C20H22ClNO2. The Balaban J connectivity index is 1.74. The summed E-state index contributed by atoms with van der Waals surface area (Å²) in [6.07, 6.45) is 6.91. The van der Waals surface area contributed by atoms with Gasteiger partial charge in [-0.3, -0.25) is 4.79 Å². The van der Waals surface area contributed by atoms with E-state index in [1.807, 2.05) is 23.1 Å². The Morgan fingerprint density at radius 3 is 2.71 bits per heavy atom. The number of fused-ring (bicyclic) bond motifs is 1. The topological polar surface area (TPSA) is 33.5 Å². The average molecular weight is 344 g/mol. The molecule has 1 aliphatic carbocycles. The number of hydrogen-bond donors (Lipinski definition) is 0. The zero-order valence-corrected chi connectivity index (χ0v) is 14.4. The molecule has 3 nitrogen and oxygen atoms in total. The first-order valence-electron chi connectivity index (χ1n) is 8.77. The van der Waals surface area contributed by atoms with Crippen molar-refractivity contribution in [3.05, 3.63) is 60.1 Å². The molecule has 1 aliphatic heterocycles. The van der Waals surface area contributed by atoms with Crippen molar-refractivity contribution in [3.63, 3.8) is 0 Å². The van der Waals surface area contributed by atoms with Crippen LogP contribution in [0.2, 0.25) is 0 Å². The predicted molar refractivity (Wildman–Crippen MR) is 94.1 cm³/mol. The minimum Gasteiger partial charge on any atom is -0.459 e. The molecule has 4 rings (SSSR count). The fourth-order valence-electron chi connectivity index (χ4n) is 4.47. The van der Waals surface area contributed by atoms with Crippen LogP contribution in [0.15, 0.2) is 53.1 Å². The third-order valence-corrected chi connectivity index (χ3v) is 6.30. The molecule has 1 aromatic heterocycles. The maximum atomic E-state index is 13.0. The summed E-state index contributed by atoms with van der Waals surface area (Å²) in [5.74, 6) is 0.676. The van der Waals surface area contributed by atoms with Gasteiger partial charge < -0.3 is 9.32 Å². The van der Waals surface area contributed by atoms with E-state index in [1.165, 1.54) is 18.4 Å². The molecule has 1 saturated heterocycles. The molecule has 3 atom stereocenters. The number of hydrogen-bond acceptors (Lipinski definition) is 2. The second kappa shape index (κ2) is 6.29. The second-order valence-corrected chi connectivity index (χ2v) is 7.72. The second-order valence-electron chi connectivity index (χ2n) is 6.97. The van der Waals surface area contributed by atoms with Crippen molar-refractivity contribution in [1.82, 2.24) is 4.90 Å². The summed E-state index contributed by atoms with van der Waals surface area (Å²) in [7, 11) is 0. The Bertz CT molecular complexity index is 700. The number of rotatable bonds is 2. The summed E-state index contributed by atoms with van der Waals surface area (Å²) in [5, 5.41) is 0. The molecule has 126 valence electrons. The summed E-state index contributed by atoms with van der Waals surface area (Å²) in [5.41, 5.74) is 1.18. The number of piperidine rings is 1. The Hall–Kier alpha value is -1.74. The van der Waals surface area contributed by atoms with E-state index in [2.05, 4.69) is 12.1 Å². The summed E-state index contributed by atoms with van der Waals surface area (Å²) >= 11 is 7.06. The summed E-state index contributed by atoms with van der Waals surface area (Å²) < 4.78 is 5.37. The lowest BCUT2D eigenvalue weighted by Gasteiger charge is -2.52. The van der Waals surface area contributed by atoms with Crippen LogP contribution >= 0.6 is 11.6 Å². The molecule has 2 fully saturated rings. The van der Waals surface area contributed by atoms with Gasteiger partial charge in [-0.05, 0) is 37.0 Å². The molecule has 1 aromatic carbocycles. The maximum Gasteiger partial charge on any atom is 0.290 e. The van der Waals surface area contributed by atoms with Gasteiger partial charge in [-0.2, -0.15) is 0 Å². The minimum absolute atomic E-state index is 0.0235. The fraction of sp³-hybridized carbons (Fsp3) is 0.450. The number of amides is 1. The smallest absolute Gasteiger partial charge is 0.290 e. The SMILES string of the molecule is O=C(c1ccco1)N1CC[C@]2(Cl)CCCC[C@@H]2[C@H]1c1ccccc1. The van der Waals surface area contributed by atoms with Crippen LogP contribution in [-0.4, -0.2) is 22.2 Å². The van der Waals surface area contributed by atoms with Gasteiger partial charge in [0.1, 0.15) is 0 Å². The number of benzene rings is 1. The van der Waals surface area contributed by atoms with Crippen LogP contribution in [0.1, 0.15) is 54.3 Å². The first-order valence-corrected chi connectivity index (χ1v) is 9.15. The highest BCUT2D eigenvalue weighted by molar-refractivity contribution is 6.24. The molecule has 1 amide bonds. The number of nitrogens with zero attached hydrogens (tertiary/aromatic N) is 1. The van der Waals surface area contributed by atoms with Crippen molar-refractivity contribution in [1.29, 1.82) is 0 Å². The molecule has 2 aromatic rings. The molecule has 4 heteroatoms. The number of carbonyl (C=O) groups excluding carboxylic acids is 1. The van der Waals surface area contributed by atoms with Gasteiger partial charge in [-0.15, -0.1) is 11.6 Å². The zero-order chi connectivity index (χ0) is 16.6. The van der Waals surface area contributed by atoms with Crippen molar-refractivity contribution in [2.45, 2.75) is 43.0 Å². The molecule has 0 unspecified atom stereocenters. The number of carbonyl (C=O) groups is 1. The Morgan fingerprint density at radius 1 is 1.12 bits per heavy atom. The van der Waals surface area contributed by atoms with Crippen LogP contribution in [0.3, 0.4) is 0 Å². The Kier molecular flexibility index (Phi) is 4.13. The van der Waals surface area contributed by atoms with Crippen LogP contribution < -0.4 is 0 Å². The number of furan rings is 1. The molecule has 0 radical (unpaired) electrons. The molecule has 0 spiro atoms.